The van der Waals surface area contributed by atoms with E-state index in [9.17, 15) is 0 Å². The summed E-state index contributed by atoms with van der Waals surface area (Å²) in [5.41, 5.74) is 2.74. The summed E-state index contributed by atoms with van der Waals surface area (Å²) >= 11 is 0. The highest BCUT2D eigenvalue weighted by Crippen LogP contribution is 2.49. The molecule has 3 saturated carbocycles. The molecule has 0 atom stereocenters. The van der Waals surface area contributed by atoms with Crippen molar-refractivity contribution >= 4 is 5.96 Å². The summed E-state index contributed by atoms with van der Waals surface area (Å²) in [5, 5.41) is 3.45. The van der Waals surface area contributed by atoms with Gasteiger partial charge < -0.3 is 5.32 Å². The minimum atomic E-state index is 0.583. The molecule has 0 heterocycles. The van der Waals surface area contributed by atoms with Crippen LogP contribution in [-0.2, 0) is 0 Å². The maximum absolute atomic E-state index is 5.58. The van der Waals surface area contributed by atoms with E-state index < -0.39 is 0 Å². The Bertz CT molecular complexity index is 289. The molecule has 4 heteroatoms. The van der Waals surface area contributed by atoms with E-state index >= 15 is 0 Å². The van der Waals surface area contributed by atoms with Gasteiger partial charge in [-0.1, -0.05) is 12.8 Å². The fourth-order valence-electron chi connectivity index (χ4n) is 3.32. The molecule has 102 valence electrons. The van der Waals surface area contributed by atoms with Crippen LogP contribution in [0.15, 0.2) is 4.99 Å². The van der Waals surface area contributed by atoms with Crippen LogP contribution in [-0.4, -0.2) is 18.5 Å². The van der Waals surface area contributed by atoms with Crippen LogP contribution in [0.5, 0.6) is 0 Å². The molecule has 0 saturated heterocycles. The van der Waals surface area contributed by atoms with Gasteiger partial charge in [-0.05, 0) is 56.3 Å². The summed E-state index contributed by atoms with van der Waals surface area (Å²) in [6.45, 7) is 0.967. The third-order valence-corrected chi connectivity index (χ3v) is 4.75. The highest BCUT2D eigenvalue weighted by molar-refractivity contribution is 5.79. The highest BCUT2D eigenvalue weighted by Gasteiger charge is 2.41. The summed E-state index contributed by atoms with van der Waals surface area (Å²) in [7, 11) is 0. The van der Waals surface area contributed by atoms with Crippen molar-refractivity contribution in [2.45, 2.75) is 57.4 Å². The predicted molar refractivity (Wildman–Crippen MR) is 74.0 cm³/mol. The Hall–Kier alpha value is -0.770. The molecule has 3 fully saturated rings. The summed E-state index contributed by atoms with van der Waals surface area (Å²) in [6.07, 6.45) is 10.9. The fourth-order valence-corrected chi connectivity index (χ4v) is 3.32. The van der Waals surface area contributed by atoms with Crippen LogP contribution < -0.4 is 16.6 Å². The van der Waals surface area contributed by atoms with Crippen LogP contribution in [0.25, 0.3) is 0 Å². The van der Waals surface area contributed by atoms with Gasteiger partial charge >= 0.3 is 0 Å². The smallest absolute Gasteiger partial charge is 0.205 e. The molecule has 4 N–H and O–H groups in total. The molecule has 18 heavy (non-hydrogen) atoms. The Morgan fingerprint density at radius 1 is 1.06 bits per heavy atom. The lowest BCUT2D eigenvalue weighted by Crippen LogP contribution is -2.45. The molecular formula is C14H26N4. The molecule has 0 aromatic heterocycles. The van der Waals surface area contributed by atoms with Crippen LogP contribution in [0.3, 0.4) is 0 Å². The molecule has 3 rings (SSSR count). The first kappa shape index (κ1) is 12.3. The SMILES string of the molecule is NNC(=NCC(C1CC1)C1CC1)NC1CCCC1. The lowest BCUT2D eigenvalue weighted by atomic mass is 9.98. The third-order valence-electron chi connectivity index (χ3n) is 4.75. The largest absolute Gasteiger partial charge is 0.353 e. The quantitative estimate of drug-likeness (QED) is 0.302. The van der Waals surface area contributed by atoms with Crippen molar-refractivity contribution < 1.29 is 0 Å². The van der Waals surface area contributed by atoms with Crippen LogP contribution in [0, 0.1) is 17.8 Å². The van der Waals surface area contributed by atoms with E-state index in [-0.39, 0.29) is 0 Å². The Morgan fingerprint density at radius 3 is 2.17 bits per heavy atom. The van der Waals surface area contributed by atoms with E-state index in [1.54, 1.807) is 0 Å². The summed E-state index contributed by atoms with van der Waals surface area (Å²) in [6, 6.07) is 0.583. The Balaban J connectivity index is 1.51. The summed E-state index contributed by atoms with van der Waals surface area (Å²) in [4.78, 5) is 4.70. The minimum Gasteiger partial charge on any atom is -0.353 e. The molecule has 3 aliphatic carbocycles. The van der Waals surface area contributed by atoms with E-state index in [1.165, 1.54) is 51.4 Å². The zero-order valence-electron chi connectivity index (χ0n) is 11.2. The van der Waals surface area contributed by atoms with Crippen molar-refractivity contribution in [3.8, 4) is 0 Å². The second-order valence-corrected chi connectivity index (χ2v) is 6.30. The van der Waals surface area contributed by atoms with Crippen molar-refractivity contribution in [2.24, 2.45) is 28.6 Å². The van der Waals surface area contributed by atoms with Crippen LogP contribution in [0.2, 0.25) is 0 Å². The first-order chi connectivity index (χ1) is 8.86. The number of hydrogen-bond donors (Lipinski definition) is 3. The molecule has 3 aliphatic rings. The van der Waals surface area contributed by atoms with E-state index in [2.05, 4.69) is 10.7 Å². The molecule has 0 bridgehead atoms. The second-order valence-electron chi connectivity index (χ2n) is 6.30. The van der Waals surface area contributed by atoms with Crippen molar-refractivity contribution in [3.05, 3.63) is 0 Å². The molecule has 0 aromatic rings. The maximum Gasteiger partial charge on any atom is 0.205 e. The molecule has 0 aliphatic heterocycles. The average molecular weight is 250 g/mol. The number of rotatable bonds is 5. The Kier molecular flexibility index (Phi) is 3.73. The lowest BCUT2D eigenvalue weighted by Gasteiger charge is -2.17. The van der Waals surface area contributed by atoms with Crippen molar-refractivity contribution in [1.29, 1.82) is 0 Å². The molecule has 0 unspecified atom stereocenters. The Labute approximate surface area is 110 Å². The average Bonchev–Trinajstić information content (AvgIpc) is 3.30. The number of hydrogen-bond acceptors (Lipinski definition) is 2. The summed E-state index contributed by atoms with van der Waals surface area (Å²) in [5.74, 6) is 9.15. The van der Waals surface area contributed by atoms with Crippen LogP contribution in [0.1, 0.15) is 51.4 Å². The number of hydrazine groups is 1. The van der Waals surface area contributed by atoms with Gasteiger partial charge in [-0.15, -0.1) is 0 Å². The van der Waals surface area contributed by atoms with Gasteiger partial charge in [0.05, 0.1) is 0 Å². The normalized spacial score (nSPS) is 25.8. The van der Waals surface area contributed by atoms with Crippen molar-refractivity contribution in [3.63, 3.8) is 0 Å². The molecule has 0 amide bonds. The molecule has 0 spiro atoms. The monoisotopic (exact) mass is 250 g/mol. The standard InChI is InChI=1S/C14H26N4/c15-18-14(17-12-3-1-2-4-12)16-9-13(10-5-6-10)11-7-8-11/h10-13H,1-9,15H2,(H2,16,17,18). The van der Waals surface area contributed by atoms with Gasteiger partial charge in [-0.25, -0.2) is 5.84 Å². The first-order valence-electron chi connectivity index (χ1n) is 7.64. The van der Waals surface area contributed by atoms with Gasteiger partial charge in [0.2, 0.25) is 5.96 Å². The number of nitrogens with two attached hydrogens (primary N) is 1. The number of guanidine groups is 1. The number of aliphatic imine (C=N–C) groups is 1. The van der Waals surface area contributed by atoms with E-state index in [0.29, 0.717) is 6.04 Å². The first-order valence-corrected chi connectivity index (χ1v) is 7.64. The van der Waals surface area contributed by atoms with E-state index in [1.807, 2.05) is 0 Å². The van der Waals surface area contributed by atoms with Gasteiger partial charge in [0, 0.05) is 12.6 Å². The van der Waals surface area contributed by atoms with Gasteiger partial charge in [-0.3, -0.25) is 10.4 Å². The highest BCUT2D eigenvalue weighted by atomic mass is 15.3. The van der Waals surface area contributed by atoms with E-state index in [0.717, 1.165) is 30.3 Å². The van der Waals surface area contributed by atoms with E-state index in [4.69, 9.17) is 10.8 Å². The Morgan fingerprint density at radius 2 is 1.67 bits per heavy atom. The zero-order valence-corrected chi connectivity index (χ0v) is 11.2. The maximum atomic E-state index is 5.58. The number of nitrogens with zero attached hydrogens (tertiary/aromatic N) is 1. The van der Waals surface area contributed by atoms with Crippen LogP contribution in [0.4, 0.5) is 0 Å². The fraction of sp³-hybridized carbons (Fsp3) is 0.929. The second kappa shape index (κ2) is 5.47. The third kappa shape index (κ3) is 3.16. The van der Waals surface area contributed by atoms with Gasteiger partial charge in [0.1, 0.15) is 0 Å². The van der Waals surface area contributed by atoms with Gasteiger partial charge in [0.25, 0.3) is 0 Å². The number of nitrogens with one attached hydrogen (secondary N) is 2. The topological polar surface area (TPSA) is 62.4 Å². The summed E-state index contributed by atoms with van der Waals surface area (Å²) < 4.78 is 0. The molecule has 0 aromatic carbocycles. The van der Waals surface area contributed by atoms with Crippen LogP contribution >= 0.6 is 0 Å². The van der Waals surface area contributed by atoms with Gasteiger partial charge in [-0.2, -0.15) is 0 Å². The zero-order chi connectivity index (χ0) is 12.4. The molecule has 0 radical (unpaired) electrons. The van der Waals surface area contributed by atoms with Crippen molar-refractivity contribution in [2.75, 3.05) is 6.54 Å². The van der Waals surface area contributed by atoms with Crippen molar-refractivity contribution in [1.82, 2.24) is 10.7 Å². The predicted octanol–water partition coefficient (Wildman–Crippen LogP) is 1.77. The molecular weight excluding hydrogens is 224 g/mol. The molecule has 4 nitrogen and oxygen atoms in total. The minimum absolute atomic E-state index is 0.583. The van der Waals surface area contributed by atoms with Gasteiger partial charge in [0.15, 0.2) is 0 Å². The lowest BCUT2D eigenvalue weighted by molar-refractivity contribution is 0.416.